The highest BCUT2D eigenvalue weighted by atomic mass is 16.7. The fourth-order valence-corrected chi connectivity index (χ4v) is 1.52. The molecule has 0 heterocycles. The molecule has 1 fully saturated rings. The van der Waals surface area contributed by atoms with Crippen LogP contribution in [0.15, 0.2) is 30.3 Å². The van der Waals surface area contributed by atoms with Crippen molar-refractivity contribution in [1.82, 2.24) is 0 Å². The van der Waals surface area contributed by atoms with Gasteiger partial charge >= 0.3 is 18.2 Å². The summed E-state index contributed by atoms with van der Waals surface area (Å²) in [5, 5.41) is 17.7. The lowest BCUT2D eigenvalue weighted by molar-refractivity contribution is -0.149. The van der Waals surface area contributed by atoms with Crippen LogP contribution in [0.25, 0.3) is 0 Å². The van der Waals surface area contributed by atoms with E-state index in [4.69, 9.17) is 15.3 Å². The molecule has 23 heavy (non-hydrogen) atoms. The van der Waals surface area contributed by atoms with Crippen molar-refractivity contribution in [3.8, 4) is 29.9 Å². The first kappa shape index (κ1) is 15.9. The molecule has 0 amide bonds. The van der Waals surface area contributed by atoms with Gasteiger partial charge in [-0.2, -0.15) is 10.5 Å². The summed E-state index contributed by atoms with van der Waals surface area (Å²) in [6, 6.07) is 11.8. The molecule has 0 radical (unpaired) electrons. The van der Waals surface area contributed by atoms with Crippen LogP contribution in [0.5, 0.6) is 5.75 Å². The summed E-state index contributed by atoms with van der Waals surface area (Å²) in [5.74, 6) is 0.348. The Hall–Kier alpha value is -3.50. The van der Waals surface area contributed by atoms with Crippen molar-refractivity contribution in [3.05, 3.63) is 30.3 Å². The van der Waals surface area contributed by atoms with Crippen LogP contribution >= 0.6 is 0 Å². The summed E-state index contributed by atoms with van der Waals surface area (Å²) < 4.78 is 14.3. The Kier molecular flexibility index (Phi) is 4.82. The third kappa shape index (κ3) is 4.23. The molecule has 0 spiro atoms. The Morgan fingerprint density at radius 3 is 2.43 bits per heavy atom. The molecule has 1 saturated carbocycles. The molecule has 7 heteroatoms. The van der Waals surface area contributed by atoms with Crippen molar-refractivity contribution in [2.75, 3.05) is 0 Å². The second kappa shape index (κ2) is 6.98. The van der Waals surface area contributed by atoms with E-state index in [-0.39, 0.29) is 0 Å². The molecule has 0 aromatic heterocycles. The zero-order valence-electron chi connectivity index (χ0n) is 11.8. The topological polar surface area (TPSA) is 109 Å². The molecule has 1 aliphatic carbocycles. The van der Waals surface area contributed by atoms with Gasteiger partial charge in [-0.1, -0.05) is 18.2 Å². The predicted octanol–water partition coefficient (Wildman–Crippen LogP) is 1.27. The Morgan fingerprint density at radius 2 is 1.87 bits per heavy atom. The van der Waals surface area contributed by atoms with Crippen molar-refractivity contribution in [1.29, 1.82) is 10.5 Å². The highest BCUT2D eigenvalue weighted by Gasteiger charge is 2.52. The molecule has 1 atom stereocenters. The quantitative estimate of drug-likeness (QED) is 0.468. The molecule has 2 rings (SSSR count). The number of para-hydroxylation sites is 1. The Bertz CT molecular complexity index is 745. The van der Waals surface area contributed by atoms with Gasteiger partial charge < -0.3 is 14.2 Å². The maximum Gasteiger partial charge on any atom is 0.391 e. The predicted molar refractivity (Wildman–Crippen MR) is 73.7 cm³/mol. The number of rotatable bonds is 4. The molecule has 1 unspecified atom stereocenters. The summed E-state index contributed by atoms with van der Waals surface area (Å²) in [6.45, 7) is 0. The number of hydrogen-bond donors (Lipinski definition) is 0. The fraction of sp³-hybridized carbons (Fsp3) is 0.250. The van der Waals surface area contributed by atoms with Gasteiger partial charge in [-0.15, -0.1) is 0 Å². The average Bonchev–Trinajstić information content (AvgIpc) is 3.36. The van der Waals surface area contributed by atoms with E-state index in [1.165, 1.54) is 0 Å². The van der Waals surface area contributed by atoms with Gasteiger partial charge in [0.05, 0.1) is 12.0 Å². The second-order valence-electron chi connectivity index (χ2n) is 4.61. The smallest absolute Gasteiger partial charge is 0.391 e. The molecular formula is C16H10N2O5. The lowest BCUT2D eigenvalue weighted by atomic mass is 10.1. The summed E-state index contributed by atoms with van der Waals surface area (Å²) in [4.78, 5) is 22.9. The van der Waals surface area contributed by atoms with Crippen LogP contribution < -0.4 is 4.74 Å². The summed E-state index contributed by atoms with van der Waals surface area (Å²) in [7, 11) is 0. The van der Waals surface area contributed by atoms with Gasteiger partial charge in [0.1, 0.15) is 11.9 Å². The van der Waals surface area contributed by atoms with E-state index < -0.39 is 23.6 Å². The number of hydrogen-bond acceptors (Lipinski definition) is 7. The SMILES string of the molecule is N#CC(OC(=O)C#COC(=O)C1(C#N)CC1)Oc1ccccc1. The van der Waals surface area contributed by atoms with Crippen LogP contribution in [0.2, 0.25) is 0 Å². The first-order valence-corrected chi connectivity index (χ1v) is 6.55. The lowest BCUT2D eigenvalue weighted by Gasteiger charge is -2.10. The Balaban J connectivity index is 1.84. The lowest BCUT2D eigenvalue weighted by Crippen LogP contribution is -2.22. The monoisotopic (exact) mass is 310 g/mol. The minimum Gasteiger partial charge on any atom is -0.443 e. The van der Waals surface area contributed by atoms with Crippen LogP contribution in [0.3, 0.4) is 0 Å². The Labute approximate surface area is 132 Å². The van der Waals surface area contributed by atoms with Gasteiger partial charge in [-0.25, -0.2) is 9.59 Å². The average molecular weight is 310 g/mol. The third-order valence-corrected chi connectivity index (χ3v) is 2.96. The van der Waals surface area contributed by atoms with Gasteiger partial charge in [0.15, 0.2) is 11.5 Å². The molecule has 1 aromatic carbocycles. The summed E-state index contributed by atoms with van der Waals surface area (Å²) >= 11 is 0. The number of esters is 2. The number of carbonyl (C=O) groups is 2. The number of nitriles is 2. The zero-order valence-corrected chi connectivity index (χ0v) is 11.8. The molecule has 1 aromatic rings. The van der Waals surface area contributed by atoms with Gasteiger partial charge in [-0.3, -0.25) is 0 Å². The van der Waals surface area contributed by atoms with E-state index in [2.05, 4.69) is 9.47 Å². The molecular weight excluding hydrogens is 300 g/mol. The maximum absolute atomic E-state index is 11.5. The molecule has 0 N–H and O–H groups in total. The van der Waals surface area contributed by atoms with Gasteiger partial charge in [0.25, 0.3) is 0 Å². The minimum absolute atomic E-state index is 0.343. The molecule has 7 nitrogen and oxygen atoms in total. The number of nitrogens with zero attached hydrogens (tertiary/aromatic N) is 2. The van der Waals surface area contributed by atoms with Gasteiger partial charge in [0, 0.05) is 0 Å². The zero-order chi connectivity index (χ0) is 16.7. The standard InChI is InChI=1S/C16H10N2O5/c17-10-14(22-12-4-2-1-3-5-12)23-13(19)6-9-21-15(20)16(11-18)7-8-16/h1-5,14H,7-8H2. The van der Waals surface area contributed by atoms with E-state index >= 15 is 0 Å². The Morgan fingerprint density at radius 1 is 1.17 bits per heavy atom. The first-order chi connectivity index (χ1) is 11.1. The van der Waals surface area contributed by atoms with Crippen LogP contribution in [0.1, 0.15) is 12.8 Å². The summed E-state index contributed by atoms with van der Waals surface area (Å²) in [5.41, 5.74) is -1.13. The highest BCUT2D eigenvalue weighted by Crippen LogP contribution is 2.45. The third-order valence-electron chi connectivity index (χ3n) is 2.96. The molecule has 0 aliphatic heterocycles. The normalized spacial score (nSPS) is 14.7. The van der Waals surface area contributed by atoms with E-state index in [9.17, 15) is 9.59 Å². The molecule has 0 saturated heterocycles. The van der Waals surface area contributed by atoms with Gasteiger partial charge in [-0.05, 0) is 25.0 Å². The van der Waals surface area contributed by atoms with Crippen molar-refractivity contribution in [3.63, 3.8) is 0 Å². The number of carbonyl (C=O) groups excluding carboxylic acids is 2. The second-order valence-corrected chi connectivity index (χ2v) is 4.61. The van der Waals surface area contributed by atoms with Crippen LogP contribution in [0.4, 0.5) is 0 Å². The van der Waals surface area contributed by atoms with E-state index in [0.717, 1.165) is 0 Å². The largest absolute Gasteiger partial charge is 0.443 e. The van der Waals surface area contributed by atoms with Crippen molar-refractivity contribution >= 4 is 11.9 Å². The van der Waals surface area contributed by atoms with E-state index in [1.54, 1.807) is 36.4 Å². The molecule has 1 aliphatic rings. The van der Waals surface area contributed by atoms with Crippen LogP contribution in [0, 0.1) is 40.1 Å². The van der Waals surface area contributed by atoms with Crippen LogP contribution in [-0.4, -0.2) is 18.2 Å². The van der Waals surface area contributed by atoms with E-state index in [0.29, 0.717) is 18.6 Å². The molecule has 114 valence electrons. The highest BCUT2D eigenvalue weighted by molar-refractivity contribution is 5.89. The first-order valence-electron chi connectivity index (χ1n) is 6.55. The molecule has 0 bridgehead atoms. The van der Waals surface area contributed by atoms with Crippen molar-refractivity contribution in [2.24, 2.45) is 5.41 Å². The van der Waals surface area contributed by atoms with E-state index in [1.807, 2.05) is 18.1 Å². The maximum atomic E-state index is 11.5. The van der Waals surface area contributed by atoms with Crippen molar-refractivity contribution < 1.29 is 23.8 Å². The minimum atomic E-state index is -1.48. The van der Waals surface area contributed by atoms with Crippen molar-refractivity contribution in [2.45, 2.75) is 19.1 Å². The number of benzene rings is 1. The number of ether oxygens (including phenoxy) is 3. The summed E-state index contributed by atoms with van der Waals surface area (Å²) in [6.07, 6.45) is 1.21. The van der Waals surface area contributed by atoms with Crippen LogP contribution in [-0.2, 0) is 19.1 Å². The fourth-order valence-electron chi connectivity index (χ4n) is 1.52. The van der Waals surface area contributed by atoms with Gasteiger partial charge in [0.2, 0.25) is 0 Å².